The summed E-state index contributed by atoms with van der Waals surface area (Å²) in [5, 5.41) is 9.60. The van der Waals surface area contributed by atoms with Crippen LogP contribution in [0, 0.1) is 10.1 Å². The summed E-state index contributed by atoms with van der Waals surface area (Å²) in [5.74, 6) is 0.427. The monoisotopic (exact) mass is 150 g/mol. The van der Waals surface area contributed by atoms with E-state index in [-0.39, 0.29) is 11.5 Å². The minimum atomic E-state index is -0.375. The Morgan fingerprint density at radius 2 is 2.50 bits per heavy atom. The molecule has 0 saturated heterocycles. The molecule has 0 rings (SSSR count). The molecule has 0 aliphatic rings. The van der Waals surface area contributed by atoms with Gasteiger partial charge < -0.3 is 0 Å². The second-order valence-corrected chi connectivity index (χ2v) is 2.35. The van der Waals surface area contributed by atoms with Crippen molar-refractivity contribution in [3.8, 4) is 0 Å². The fourth-order valence-electron chi connectivity index (χ4n) is 0.162. The van der Waals surface area contributed by atoms with Gasteiger partial charge in [-0.2, -0.15) is 0 Å². The second-order valence-electron chi connectivity index (χ2n) is 0.988. The highest BCUT2D eigenvalue weighted by Gasteiger charge is 1.92. The molecule has 0 spiro atoms. The lowest BCUT2D eigenvalue weighted by Crippen LogP contribution is -2.02. The lowest BCUT2D eigenvalue weighted by molar-refractivity contribution is -0.474. The van der Waals surface area contributed by atoms with Crippen LogP contribution >= 0.6 is 24.0 Å². The average Bonchev–Trinajstić information content (AvgIpc) is 1.66. The molecule has 0 bridgehead atoms. The maximum absolute atomic E-state index is 9.60. The van der Waals surface area contributed by atoms with Gasteiger partial charge in [-0.15, -0.1) is 11.8 Å². The summed E-state index contributed by atoms with van der Waals surface area (Å²) >= 11 is 5.45. The zero-order valence-corrected chi connectivity index (χ0v) is 5.63. The number of nitro groups is 1. The van der Waals surface area contributed by atoms with E-state index in [0.29, 0.717) is 5.75 Å². The number of thiocarbonyl (C=S) groups is 1. The molecule has 3 nitrogen and oxygen atoms in total. The Balaban J connectivity index is 2.93. The van der Waals surface area contributed by atoms with Crippen LogP contribution in [0.2, 0.25) is 0 Å². The maximum Gasteiger partial charge on any atom is 0.213 e. The van der Waals surface area contributed by atoms with Gasteiger partial charge >= 0.3 is 0 Å². The van der Waals surface area contributed by atoms with E-state index in [1.54, 1.807) is 0 Å². The van der Waals surface area contributed by atoms with Crippen molar-refractivity contribution >= 4 is 28.7 Å². The minimum absolute atomic E-state index is 0.0334. The quantitative estimate of drug-likeness (QED) is 0.258. The van der Waals surface area contributed by atoms with Crippen LogP contribution in [0.3, 0.4) is 0 Å². The van der Waals surface area contributed by atoms with E-state index in [9.17, 15) is 10.1 Å². The van der Waals surface area contributed by atoms with Crippen molar-refractivity contribution < 1.29 is 4.92 Å². The summed E-state index contributed by atoms with van der Waals surface area (Å²) in [6, 6.07) is 0. The Hall–Kier alpha value is -0.160. The van der Waals surface area contributed by atoms with Crippen molar-refractivity contribution in [1.82, 2.24) is 0 Å². The zero-order valence-electron chi connectivity index (χ0n) is 3.99. The summed E-state index contributed by atoms with van der Waals surface area (Å²) < 4.78 is 2.32. The summed E-state index contributed by atoms with van der Waals surface area (Å²) in [4.78, 5) is 9.23. The zero-order chi connectivity index (χ0) is 6.41. The van der Waals surface area contributed by atoms with Crippen molar-refractivity contribution in [2.45, 2.75) is 0 Å². The fraction of sp³-hybridized carbons (Fsp3) is 0.667. The lowest BCUT2D eigenvalue weighted by Gasteiger charge is -1.85. The lowest BCUT2D eigenvalue weighted by atomic mass is 10.8. The SMILES string of the molecule is O=[N+]([O-])CCS[C]=S. The molecule has 0 amide bonds. The first-order valence-electron chi connectivity index (χ1n) is 1.88. The summed E-state index contributed by atoms with van der Waals surface area (Å²) in [5.41, 5.74) is 0. The van der Waals surface area contributed by atoms with E-state index in [0.717, 1.165) is 11.8 Å². The van der Waals surface area contributed by atoms with Crippen molar-refractivity contribution in [2.24, 2.45) is 0 Å². The molecular weight excluding hydrogens is 146 g/mol. The van der Waals surface area contributed by atoms with E-state index in [1.165, 1.54) is 0 Å². The molecule has 0 unspecified atom stereocenters. The molecule has 45 valence electrons. The number of nitrogens with zero attached hydrogens (tertiary/aromatic N) is 1. The van der Waals surface area contributed by atoms with Gasteiger partial charge in [-0.1, -0.05) is 12.2 Å². The molecule has 0 aromatic heterocycles. The number of thioether (sulfide) groups is 1. The van der Waals surface area contributed by atoms with Gasteiger partial charge in [0.25, 0.3) is 0 Å². The molecule has 5 heteroatoms. The highest BCUT2D eigenvalue weighted by molar-refractivity contribution is 8.20. The van der Waals surface area contributed by atoms with Gasteiger partial charge in [-0.3, -0.25) is 10.1 Å². The molecule has 0 aliphatic heterocycles. The van der Waals surface area contributed by atoms with Crippen molar-refractivity contribution in [3.05, 3.63) is 10.1 Å². The molecule has 0 N–H and O–H groups in total. The van der Waals surface area contributed by atoms with Crippen LogP contribution in [0.5, 0.6) is 0 Å². The van der Waals surface area contributed by atoms with Gasteiger partial charge in [0, 0.05) is 4.92 Å². The molecule has 1 radical (unpaired) electrons. The topological polar surface area (TPSA) is 43.1 Å². The van der Waals surface area contributed by atoms with Crippen LogP contribution in [-0.4, -0.2) is 21.9 Å². The molecule has 0 aromatic rings. The van der Waals surface area contributed by atoms with Crippen molar-refractivity contribution in [2.75, 3.05) is 12.3 Å². The van der Waals surface area contributed by atoms with E-state index >= 15 is 0 Å². The van der Waals surface area contributed by atoms with E-state index in [2.05, 4.69) is 16.9 Å². The third-order valence-corrected chi connectivity index (χ3v) is 1.29. The molecule has 0 aliphatic carbocycles. The van der Waals surface area contributed by atoms with Gasteiger partial charge in [-0.25, -0.2) is 0 Å². The van der Waals surface area contributed by atoms with Crippen LogP contribution in [0.1, 0.15) is 0 Å². The van der Waals surface area contributed by atoms with Crippen LogP contribution in [0.25, 0.3) is 0 Å². The van der Waals surface area contributed by atoms with Crippen LogP contribution in [0.15, 0.2) is 0 Å². The Bertz CT molecular complexity index is 95.3. The fourth-order valence-corrected chi connectivity index (χ4v) is 0.736. The third kappa shape index (κ3) is 5.84. The summed E-state index contributed by atoms with van der Waals surface area (Å²) in [7, 11) is 0. The smallest absolute Gasteiger partial charge is 0.213 e. The normalized spacial score (nSPS) is 8.50. The molecule has 0 aromatic carbocycles. The maximum atomic E-state index is 9.60. The molecule has 0 fully saturated rings. The Kier molecular flexibility index (Phi) is 4.89. The van der Waals surface area contributed by atoms with Gasteiger partial charge in [0.05, 0.1) is 10.5 Å². The Morgan fingerprint density at radius 1 is 1.88 bits per heavy atom. The third-order valence-electron chi connectivity index (χ3n) is 0.435. The highest BCUT2D eigenvalue weighted by Crippen LogP contribution is 1.92. The summed E-state index contributed by atoms with van der Waals surface area (Å²) in [6.07, 6.45) is 0. The first-order valence-corrected chi connectivity index (χ1v) is 3.27. The standard InChI is InChI=1S/C3H4NO2S2/c5-4(6)1-2-8-3-7/h1-2H2. The van der Waals surface area contributed by atoms with Gasteiger partial charge in [0.15, 0.2) is 0 Å². The van der Waals surface area contributed by atoms with Gasteiger partial charge in [-0.05, 0) is 0 Å². The second kappa shape index (κ2) is 4.99. The Labute approximate surface area is 56.6 Å². The summed E-state index contributed by atoms with van der Waals surface area (Å²) in [6.45, 7) is -0.0334. The molecule has 0 saturated carbocycles. The van der Waals surface area contributed by atoms with Crippen molar-refractivity contribution in [3.63, 3.8) is 0 Å². The van der Waals surface area contributed by atoms with Crippen LogP contribution in [-0.2, 0) is 0 Å². The number of hydrogen-bond donors (Lipinski definition) is 0. The molecular formula is C3H4NO2S2. The number of rotatable bonds is 4. The molecule has 0 atom stereocenters. The van der Waals surface area contributed by atoms with E-state index in [4.69, 9.17) is 0 Å². The van der Waals surface area contributed by atoms with Gasteiger partial charge in [0.1, 0.15) is 0 Å². The van der Waals surface area contributed by atoms with Gasteiger partial charge in [0.2, 0.25) is 6.54 Å². The molecule has 0 heterocycles. The number of hydrogen-bond acceptors (Lipinski definition) is 4. The van der Waals surface area contributed by atoms with Crippen LogP contribution in [0.4, 0.5) is 0 Å². The first kappa shape index (κ1) is 7.84. The predicted octanol–water partition coefficient (Wildman–Crippen LogP) is 0.830. The van der Waals surface area contributed by atoms with E-state index < -0.39 is 0 Å². The largest absolute Gasteiger partial charge is 0.265 e. The van der Waals surface area contributed by atoms with E-state index in [1.807, 2.05) is 0 Å². The minimum Gasteiger partial charge on any atom is -0.265 e. The average molecular weight is 150 g/mol. The van der Waals surface area contributed by atoms with Crippen molar-refractivity contribution in [1.29, 1.82) is 0 Å². The predicted molar refractivity (Wildman–Crippen MR) is 36.9 cm³/mol. The highest BCUT2D eigenvalue weighted by atomic mass is 32.2. The first-order chi connectivity index (χ1) is 3.77. The molecule has 8 heavy (non-hydrogen) atoms. The Morgan fingerprint density at radius 3 is 2.88 bits per heavy atom. The van der Waals surface area contributed by atoms with Crippen LogP contribution < -0.4 is 0 Å².